The maximum atomic E-state index is 13.9. The van der Waals surface area contributed by atoms with Crippen molar-refractivity contribution < 1.29 is 4.39 Å². The van der Waals surface area contributed by atoms with Crippen LogP contribution >= 0.6 is 11.6 Å². The van der Waals surface area contributed by atoms with Gasteiger partial charge in [-0.15, -0.1) is 0 Å². The molecular formula is C23H27ClFN. The lowest BCUT2D eigenvalue weighted by atomic mass is 9.91. The van der Waals surface area contributed by atoms with Crippen molar-refractivity contribution in [2.75, 3.05) is 0 Å². The van der Waals surface area contributed by atoms with E-state index in [0.29, 0.717) is 5.92 Å². The van der Waals surface area contributed by atoms with Gasteiger partial charge in [0.25, 0.3) is 0 Å². The van der Waals surface area contributed by atoms with Gasteiger partial charge in [0, 0.05) is 22.5 Å². The van der Waals surface area contributed by atoms with Crippen LogP contribution in [0.25, 0.3) is 10.9 Å². The van der Waals surface area contributed by atoms with Crippen LogP contribution in [0.2, 0.25) is 5.02 Å². The molecule has 0 saturated heterocycles. The molecule has 0 radical (unpaired) electrons. The van der Waals surface area contributed by atoms with Crippen molar-refractivity contribution >= 4 is 22.5 Å². The van der Waals surface area contributed by atoms with Gasteiger partial charge in [0.15, 0.2) is 0 Å². The minimum atomic E-state index is -0.372. The fourth-order valence-electron chi connectivity index (χ4n) is 3.59. The average molecular weight is 372 g/mol. The first kappa shape index (κ1) is 19.0. The molecule has 0 spiro atoms. The molecule has 1 unspecified atom stereocenters. The van der Waals surface area contributed by atoms with Crippen LogP contribution in [0.1, 0.15) is 74.8 Å². The van der Waals surface area contributed by atoms with E-state index >= 15 is 0 Å². The van der Waals surface area contributed by atoms with E-state index in [1.54, 1.807) is 6.07 Å². The van der Waals surface area contributed by atoms with Crippen molar-refractivity contribution in [3.8, 4) is 0 Å². The van der Waals surface area contributed by atoms with Crippen LogP contribution in [-0.2, 0) is 6.42 Å². The second-order valence-corrected chi connectivity index (χ2v) is 7.88. The number of hydrogen-bond donors (Lipinski definition) is 1. The van der Waals surface area contributed by atoms with Crippen molar-refractivity contribution in [3.63, 3.8) is 0 Å². The van der Waals surface area contributed by atoms with Crippen LogP contribution in [-0.4, -0.2) is 4.98 Å². The smallest absolute Gasteiger partial charge is 0.143 e. The maximum Gasteiger partial charge on any atom is 0.143 e. The Morgan fingerprint density at radius 2 is 1.69 bits per heavy atom. The fraction of sp³-hybridized carbons (Fsp3) is 0.391. The van der Waals surface area contributed by atoms with E-state index < -0.39 is 0 Å². The van der Waals surface area contributed by atoms with Gasteiger partial charge >= 0.3 is 0 Å². The van der Waals surface area contributed by atoms with Gasteiger partial charge in [-0.05, 0) is 47.6 Å². The molecule has 26 heavy (non-hydrogen) atoms. The monoisotopic (exact) mass is 371 g/mol. The van der Waals surface area contributed by atoms with Gasteiger partial charge in [-0.1, -0.05) is 70.0 Å². The number of nitrogens with one attached hydrogen (secondary N) is 1. The van der Waals surface area contributed by atoms with E-state index in [0.717, 1.165) is 30.2 Å². The lowest BCUT2D eigenvalue weighted by Gasteiger charge is -2.15. The molecule has 0 bridgehead atoms. The Labute approximate surface area is 160 Å². The van der Waals surface area contributed by atoms with Crippen molar-refractivity contribution in [1.82, 2.24) is 4.98 Å². The van der Waals surface area contributed by atoms with Crippen LogP contribution < -0.4 is 0 Å². The summed E-state index contributed by atoms with van der Waals surface area (Å²) >= 11 is 6.06. The van der Waals surface area contributed by atoms with Crippen molar-refractivity contribution in [1.29, 1.82) is 0 Å². The lowest BCUT2D eigenvalue weighted by Crippen LogP contribution is -2.01. The molecule has 1 nitrogen and oxygen atoms in total. The van der Waals surface area contributed by atoms with E-state index in [1.807, 2.05) is 0 Å². The summed E-state index contributed by atoms with van der Waals surface area (Å²) in [7, 11) is 0. The van der Waals surface area contributed by atoms with Crippen LogP contribution in [0.3, 0.4) is 0 Å². The van der Waals surface area contributed by atoms with Gasteiger partial charge in [0.05, 0.1) is 5.02 Å². The summed E-state index contributed by atoms with van der Waals surface area (Å²) in [6.45, 7) is 8.81. The quantitative estimate of drug-likeness (QED) is 0.459. The molecule has 0 aliphatic carbocycles. The summed E-state index contributed by atoms with van der Waals surface area (Å²) in [6, 6.07) is 12.1. The SMILES string of the molecule is CCCCc1c(C(C)c2ccc(C(C)C)cc2)[nH]c2cc(F)c(Cl)cc12. The Morgan fingerprint density at radius 3 is 2.31 bits per heavy atom. The van der Waals surface area contributed by atoms with E-state index in [-0.39, 0.29) is 16.8 Å². The van der Waals surface area contributed by atoms with E-state index in [2.05, 4.69) is 56.9 Å². The Morgan fingerprint density at radius 1 is 1.04 bits per heavy atom. The number of benzene rings is 2. The zero-order valence-corrected chi connectivity index (χ0v) is 16.8. The minimum Gasteiger partial charge on any atom is -0.358 e. The predicted octanol–water partition coefficient (Wildman–Crippen LogP) is 7.58. The van der Waals surface area contributed by atoms with Crippen LogP contribution in [0.15, 0.2) is 36.4 Å². The maximum absolute atomic E-state index is 13.9. The van der Waals surface area contributed by atoms with Gasteiger partial charge < -0.3 is 4.98 Å². The second kappa shape index (κ2) is 7.84. The van der Waals surface area contributed by atoms with Crippen molar-refractivity contribution in [2.24, 2.45) is 0 Å². The highest BCUT2D eigenvalue weighted by atomic mass is 35.5. The summed E-state index contributed by atoms with van der Waals surface area (Å²) in [4.78, 5) is 3.48. The van der Waals surface area contributed by atoms with Gasteiger partial charge in [-0.25, -0.2) is 4.39 Å². The number of unbranched alkanes of at least 4 members (excludes halogenated alkanes) is 1. The first-order valence-electron chi connectivity index (χ1n) is 9.51. The number of halogens is 2. The topological polar surface area (TPSA) is 15.8 Å². The molecule has 138 valence electrons. The Kier molecular flexibility index (Phi) is 5.72. The summed E-state index contributed by atoms with van der Waals surface area (Å²) in [5.41, 5.74) is 5.89. The predicted molar refractivity (Wildman–Crippen MR) is 110 cm³/mol. The molecule has 1 atom stereocenters. The highest BCUT2D eigenvalue weighted by Gasteiger charge is 2.19. The van der Waals surface area contributed by atoms with Crippen LogP contribution in [0.5, 0.6) is 0 Å². The molecule has 3 aromatic rings. The van der Waals surface area contributed by atoms with Gasteiger partial charge in [-0.2, -0.15) is 0 Å². The molecule has 0 aliphatic heterocycles. The van der Waals surface area contributed by atoms with E-state index in [4.69, 9.17) is 11.6 Å². The number of aromatic nitrogens is 1. The molecule has 0 aliphatic rings. The third-order valence-corrected chi connectivity index (χ3v) is 5.59. The molecule has 1 aromatic heterocycles. The first-order valence-corrected chi connectivity index (χ1v) is 9.89. The number of aryl methyl sites for hydroxylation is 1. The molecular weight excluding hydrogens is 345 g/mol. The van der Waals surface area contributed by atoms with E-state index in [1.165, 1.54) is 28.5 Å². The molecule has 1 N–H and O–H groups in total. The molecule has 2 aromatic carbocycles. The molecule has 0 amide bonds. The number of H-pyrrole nitrogens is 1. The zero-order chi connectivity index (χ0) is 18.8. The number of rotatable bonds is 6. The average Bonchev–Trinajstić information content (AvgIpc) is 2.97. The lowest BCUT2D eigenvalue weighted by molar-refractivity contribution is 0.630. The van der Waals surface area contributed by atoms with Crippen LogP contribution in [0.4, 0.5) is 4.39 Å². The third-order valence-electron chi connectivity index (χ3n) is 5.30. The molecule has 0 saturated carbocycles. The largest absolute Gasteiger partial charge is 0.358 e. The van der Waals surface area contributed by atoms with Crippen molar-refractivity contribution in [2.45, 2.75) is 58.8 Å². The summed E-state index contributed by atoms with van der Waals surface area (Å²) < 4.78 is 13.9. The second-order valence-electron chi connectivity index (χ2n) is 7.48. The Bertz CT molecular complexity index is 893. The standard InChI is InChI=1S/C23H27ClFN/c1-5-6-7-18-19-12-20(24)21(25)13-22(19)26-23(18)15(4)17-10-8-16(9-11-17)14(2)3/h8-15,26H,5-7H2,1-4H3. The first-order chi connectivity index (χ1) is 12.4. The summed E-state index contributed by atoms with van der Waals surface area (Å²) in [6.07, 6.45) is 3.20. The normalized spacial score (nSPS) is 12.9. The van der Waals surface area contributed by atoms with Crippen LogP contribution in [0, 0.1) is 5.82 Å². The zero-order valence-electron chi connectivity index (χ0n) is 16.0. The number of aromatic amines is 1. The Hall–Kier alpha value is -1.80. The third kappa shape index (κ3) is 3.66. The van der Waals surface area contributed by atoms with Gasteiger partial charge in [0.2, 0.25) is 0 Å². The van der Waals surface area contributed by atoms with E-state index in [9.17, 15) is 4.39 Å². The molecule has 0 fully saturated rings. The minimum absolute atomic E-state index is 0.190. The molecule has 3 heteroatoms. The summed E-state index contributed by atoms with van der Waals surface area (Å²) in [5.74, 6) is 0.373. The number of hydrogen-bond acceptors (Lipinski definition) is 0. The van der Waals surface area contributed by atoms with Gasteiger partial charge in [0.1, 0.15) is 5.82 Å². The summed E-state index contributed by atoms with van der Waals surface area (Å²) in [5, 5.41) is 1.24. The Balaban J connectivity index is 2.06. The number of fused-ring (bicyclic) bond motifs is 1. The highest BCUT2D eigenvalue weighted by molar-refractivity contribution is 6.31. The molecule has 3 rings (SSSR count). The highest BCUT2D eigenvalue weighted by Crippen LogP contribution is 2.35. The molecule has 1 heterocycles. The van der Waals surface area contributed by atoms with Crippen molar-refractivity contribution in [3.05, 3.63) is 69.6 Å². The fourth-order valence-corrected chi connectivity index (χ4v) is 3.76. The van der Waals surface area contributed by atoms with Gasteiger partial charge in [-0.3, -0.25) is 0 Å².